The quantitative estimate of drug-likeness (QED) is 0.670. The summed E-state index contributed by atoms with van der Waals surface area (Å²) < 4.78 is 0. The van der Waals surface area contributed by atoms with Crippen molar-refractivity contribution in [3.8, 4) is 6.07 Å². The van der Waals surface area contributed by atoms with Crippen molar-refractivity contribution in [2.75, 3.05) is 0 Å². The monoisotopic (exact) mass is 184 g/mol. The fraction of sp³-hybridized carbons (Fsp3) is 0.250. The van der Waals surface area contributed by atoms with Crippen LogP contribution in [-0.2, 0) is 6.42 Å². The Kier molecular flexibility index (Phi) is 2.01. The van der Waals surface area contributed by atoms with E-state index in [4.69, 9.17) is 11.0 Å². The van der Waals surface area contributed by atoms with Gasteiger partial charge in [-0.15, -0.1) is 0 Å². The zero-order chi connectivity index (χ0) is 10.1. The van der Waals surface area contributed by atoms with E-state index in [1.165, 1.54) is 5.56 Å². The maximum atomic E-state index is 8.77. The molecule has 1 atom stereocenters. The van der Waals surface area contributed by atoms with Crippen LogP contribution in [-0.4, -0.2) is 0 Å². The van der Waals surface area contributed by atoms with Crippen LogP contribution in [0.15, 0.2) is 23.9 Å². The van der Waals surface area contributed by atoms with Crippen molar-refractivity contribution in [3.05, 3.63) is 40.6 Å². The number of nitriles is 1. The van der Waals surface area contributed by atoms with Gasteiger partial charge in [-0.3, -0.25) is 0 Å². The van der Waals surface area contributed by atoms with Crippen LogP contribution in [0.4, 0.5) is 0 Å². The number of nitrogens with two attached hydrogens (primary N) is 1. The molecule has 0 aromatic heterocycles. The molecule has 0 saturated carbocycles. The van der Waals surface area contributed by atoms with Crippen molar-refractivity contribution in [1.29, 1.82) is 5.26 Å². The molecule has 0 aliphatic heterocycles. The molecule has 0 spiro atoms. The van der Waals surface area contributed by atoms with Gasteiger partial charge in [-0.2, -0.15) is 5.26 Å². The van der Waals surface area contributed by atoms with Gasteiger partial charge < -0.3 is 5.73 Å². The lowest BCUT2D eigenvalue weighted by molar-refractivity contribution is 0.664. The summed E-state index contributed by atoms with van der Waals surface area (Å²) in [5.74, 6) is 0.386. The third-order valence-corrected chi connectivity index (χ3v) is 2.69. The highest BCUT2D eigenvalue weighted by Gasteiger charge is 2.15. The molecule has 1 unspecified atom stereocenters. The first-order valence-electron chi connectivity index (χ1n) is 4.71. The number of benzene rings is 1. The average Bonchev–Trinajstić information content (AvgIpc) is 2.19. The maximum Gasteiger partial charge on any atom is 0.0991 e. The molecule has 70 valence electrons. The molecule has 2 rings (SSSR count). The fourth-order valence-electron chi connectivity index (χ4n) is 1.76. The van der Waals surface area contributed by atoms with Crippen LogP contribution in [0.2, 0.25) is 0 Å². The molecule has 1 aliphatic carbocycles. The van der Waals surface area contributed by atoms with Gasteiger partial charge in [0.25, 0.3) is 0 Å². The summed E-state index contributed by atoms with van der Waals surface area (Å²) in [7, 11) is 0. The van der Waals surface area contributed by atoms with E-state index < -0.39 is 0 Å². The van der Waals surface area contributed by atoms with Crippen molar-refractivity contribution in [2.24, 2.45) is 11.7 Å². The molecule has 0 bridgehead atoms. The van der Waals surface area contributed by atoms with Gasteiger partial charge in [0.05, 0.1) is 11.6 Å². The Balaban J connectivity index is 2.51. The predicted octanol–water partition coefficient (Wildman–Crippen LogP) is 2.05. The molecule has 1 aromatic carbocycles. The summed E-state index contributed by atoms with van der Waals surface area (Å²) in [4.78, 5) is 0. The molecule has 1 aromatic rings. The fourth-order valence-corrected chi connectivity index (χ4v) is 1.76. The second kappa shape index (κ2) is 3.19. The van der Waals surface area contributed by atoms with E-state index in [2.05, 4.69) is 13.0 Å². The molecule has 0 heterocycles. The minimum atomic E-state index is 0.386. The number of rotatable bonds is 0. The molecule has 0 amide bonds. The van der Waals surface area contributed by atoms with Crippen molar-refractivity contribution in [1.82, 2.24) is 0 Å². The van der Waals surface area contributed by atoms with Crippen LogP contribution in [0.25, 0.3) is 6.08 Å². The highest BCUT2D eigenvalue weighted by atomic mass is 14.6. The van der Waals surface area contributed by atoms with Gasteiger partial charge >= 0.3 is 0 Å². The Morgan fingerprint density at radius 2 is 2.29 bits per heavy atom. The molecule has 2 heteroatoms. The van der Waals surface area contributed by atoms with E-state index in [0.717, 1.165) is 23.2 Å². The smallest absolute Gasteiger partial charge is 0.0991 e. The first-order chi connectivity index (χ1) is 6.70. The van der Waals surface area contributed by atoms with Crippen LogP contribution in [0, 0.1) is 17.2 Å². The number of hydrogen-bond donors (Lipinski definition) is 1. The van der Waals surface area contributed by atoms with Crippen LogP contribution in [0.1, 0.15) is 23.6 Å². The van der Waals surface area contributed by atoms with Crippen molar-refractivity contribution < 1.29 is 0 Å². The molecule has 0 radical (unpaired) electrons. The second-order valence-corrected chi connectivity index (χ2v) is 3.77. The van der Waals surface area contributed by atoms with E-state index in [9.17, 15) is 0 Å². The molecule has 2 N–H and O–H groups in total. The van der Waals surface area contributed by atoms with Crippen LogP contribution in [0.3, 0.4) is 0 Å². The second-order valence-electron chi connectivity index (χ2n) is 3.77. The molecule has 0 saturated heterocycles. The largest absolute Gasteiger partial charge is 0.402 e. The Morgan fingerprint density at radius 1 is 1.50 bits per heavy atom. The summed E-state index contributed by atoms with van der Waals surface area (Å²) in [5.41, 5.74) is 9.90. The SMILES string of the molecule is CC1Cc2cc(C#N)ccc2C=C1N. The Labute approximate surface area is 83.7 Å². The first-order valence-corrected chi connectivity index (χ1v) is 4.71. The van der Waals surface area contributed by atoms with Gasteiger partial charge in [0.1, 0.15) is 0 Å². The van der Waals surface area contributed by atoms with Crippen molar-refractivity contribution >= 4 is 6.08 Å². The van der Waals surface area contributed by atoms with Gasteiger partial charge in [-0.1, -0.05) is 13.0 Å². The minimum Gasteiger partial charge on any atom is -0.402 e. The maximum absolute atomic E-state index is 8.77. The Hall–Kier alpha value is -1.75. The number of hydrogen-bond acceptors (Lipinski definition) is 2. The van der Waals surface area contributed by atoms with E-state index >= 15 is 0 Å². The molecular weight excluding hydrogens is 172 g/mol. The van der Waals surface area contributed by atoms with Gasteiger partial charge in [-0.05, 0) is 41.7 Å². The normalized spacial score (nSPS) is 19.4. The lowest BCUT2D eigenvalue weighted by atomic mass is 9.87. The van der Waals surface area contributed by atoms with Gasteiger partial charge in [0.15, 0.2) is 0 Å². The summed E-state index contributed by atoms with van der Waals surface area (Å²) in [6.07, 6.45) is 2.94. The zero-order valence-electron chi connectivity index (χ0n) is 8.12. The molecule has 1 aliphatic rings. The molecule has 2 nitrogen and oxygen atoms in total. The lowest BCUT2D eigenvalue weighted by Gasteiger charge is -2.20. The number of nitrogens with zero attached hydrogens (tertiary/aromatic N) is 1. The highest BCUT2D eigenvalue weighted by molar-refractivity contribution is 5.61. The number of fused-ring (bicyclic) bond motifs is 1. The minimum absolute atomic E-state index is 0.386. The van der Waals surface area contributed by atoms with E-state index in [1.807, 2.05) is 24.3 Å². The predicted molar refractivity (Wildman–Crippen MR) is 56.2 cm³/mol. The third kappa shape index (κ3) is 1.38. The van der Waals surface area contributed by atoms with Crippen molar-refractivity contribution in [2.45, 2.75) is 13.3 Å². The summed E-state index contributed by atoms with van der Waals surface area (Å²) in [6, 6.07) is 7.90. The highest BCUT2D eigenvalue weighted by Crippen LogP contribution is 2.26. The van der Waals surface area contributed by atoms with Gasteiger partial charge in [0, 0.05) is 5.70 Å². The summed E-state index contributed by atoms with van der Waals surface area (Å²) in [5, 5.41) is 8.77. The summed E-state index contributed by atoms with van der Waals surface area (Å²) in [6.45, 7) is 2.10. The number of allylic oxidation sites excluding steroid dienone is 1. The third-order valence-electron chi connectivity index (χ3n) is 2.69. The standard InChI is InChI=1S/C12H12N2/c1-8-4-11-5-9(7-13)2-3-10(11)6-12(8)14/h2-3,5-6,8H,4,14H2,1H3. The first kappa shape index (κ1) is 8.83. The lowest BCUT2D eigenvalue weighted by Crippen LogP contribution is -2.15. The van der Waals surface area contributed by atoms with E-state index in [0.29, 0.717) is 5.92 Å². The van der Waals surface area contributed by atoms with E-state index in [1.54, 1.807) is 0 Å². The zero-order valence-corrected chi connectivity index (χ0v) is 8.12. The Morgan fingerprint density at radius 3 is 3.00 bits per heavy atom. The topological polar surface area (TPSA) is 49.8 Å². The summed E-state index contributed by atoms with van der Waals surface area (Å²) >= 11 is 0. The van der Waals surface area contributed by atoms with Gasteiger partial charge in [0.2, 0.25) is 0 Å². The van der Waals surface area contributed by atoms with Gasteiger partial charge in [-0.25, -0.2) is 0 Å². The van der Waals surface area contributed by atoms with Crippen molar-refractivity contribution in [3.63, 3.8) is 0 Å². The molecule has 14 heavy (non-hydrogen) atoms. The van der Waals surface area contributed by atoms with Crippen LogP contribution < -0.4 is 5.73 Å². The Bertz CT molecular complexity index is 438. The molecule has 0 fully saturated rings. The average molecular weight is 184 g/mol. The van der Waals surface area contributed by atoms with E-state index in [-0.39, 0.29) is 0 Å². The van der Waals surface area contributed by atoms with Crippen LogP contribution >= 0.6 is 0 Å². The van der Waals surface area contributed by atoms with Crippen LogP contribution in [0.5, 0.6) is 0 Å². The molecular formula is C12H12N2.